The summed E-state index contributed by atoms with van der Waals surface area (Å²) in [7, 11) is -3.10. The molecule has 2 aliphatic heterocycles. The zero-order chi connectivity index (χ0) is 14.3. The number of anilines is 1. The molecule has 2 aliphatic rings. The second kappa shape index (κ2) is 7.13. The van der Waals surface area contributed by atoms with Gasteiger partial charge in [0.1, 0.15) is 0 Å². The Morgan fingerprint density at radius 2 is 1.89 bits per heavy atom. The van der Waals surface area contributed by atoms with Gasteiger partial charge in [-0.3, -0.25) is 9.52 Å². The summed E-state index contributed by atoms with van der Waals surface area (Å²) in [5.41, 5.74) is 1.48. The number of fused-ring (bicyclic) bond motifs is 4. The van der Waals surface area contributed by atoms with Crippen LogP contribution >= 0.6 is 0 Å². The first-order chi connectivity index (χ1) is 8.93. The Hall–Kier alpha value is -1.56. The SMILES string of the molecule is CCCCCC(=O)O.O=S1(=O)Cc2ccc(cc2)N1. The summed E-state index contributed by atoms with van der Waals surface area (Å²) in [4.78, 5) is 9.87. The van der Waals surface area contributed by atoms with Crippen molar-refractivity contribution in [1.82, 2.24) is 0 Å². The van der Waals surface area contributed by atoms with Gasteiger partial charge in [-0.2, -0.15) is 0 Å². The van der Waals surface area contributed by atoms with Crippen LogP contribution in [0.15, 0.2) is 24.3 Å². The maximum Gasteiger partial charge on any atom is 0.303 e. The average Bonchev–Trinajstić information content (AvgIpc) is 2.55. The van der Waals surface area contributed by atoms with E-state index in [1.165, 1.54) is 0 Å². The Morgan fingerprint density at radius 1 is 1.26 bits per heavy atom. The molecule has 0 spiro atoms. The van der Waals surface area contributed by atoms with Crippen LogP contribution in [0, 0.1) is 0 Å². The van der Waals surface area contributed by atoms with E-state index in [1.807, 2.05) is 12.1 Å². The van der Waals surface area contributed by atoms with Crippen molar-refractivity contribution in [2.24, 2.45) is 0 Å². The number of aliphatic carboxylic acids is 1. The zero-order valence-corrected chi connectivity index (χ0v) is 11.7. The van der Waals surface area contributed by atoms with Crippen LogP contribution in [0.25, 0.3) is 0 Å². The van der Waals surface area contributed by atoms with E-state index >= 15 is 0 Å². The zero-order valence-electron chi connectivity index (χ0n) is 10.9. The van der Waals surface area contributed by atoms with Crippen LogP contribution in [0.5, 0.6) is 0 Å². The lowest BCUT2D eigenvalue weighted by atomic mass is 10.2. The molecule has 0 amide bonds. The highest BCUT2D eigenvalue weighted by Gasteiger charge is 2.15. The monoisotopic (exact) mass is 285 g/mol. The molecule has 0 radical (unpaired) electrons. The summed E-state index contributed by atoms with van der Waals surface area (Å²) in [6.45, 7) is 2.06. The van der Waals surface area contributed by atoms with Crippen LogP contribution < -0.4 is 4.72 Å². The predicted octanol–water partition coefficient (Wildman–Crippen LogP) is 2.59. The minimum atomic E-state index is -3.10. The highest BCUT2D eigenvalue weighted by molar-refractivity contribution is 7.91. The molecule has 0 saturated heterocycles. The van der Waals surface area contributed by atoms with Gasteiger partial charge in [0.05, 0.1) is 5.75 Å². The Kier molecular flexibility index (Phi) is 5.82. The molecule has 2 N–H and O–H groups in total. The van der Waals surface area contributed by atoms with E-state index in [0.29, 0.717) is 12.1 Å². The third kappa shape index (κ3) is 6.24. The van der Waals surface area contributed by atoms with Gasteiger partial charge in [-0.25, -0.2) is 8.42 Å². The molecule has 106 valence electrons. The van der Waals surface area contributed by atoms with E-state index in [0.717, 1.165) is 24.8 Å². The summed E-state index contributed by atoms with van der Waals surface area (Å²) >= 11 is 0. The fourth-order valence-corrected chi connectivity index (χ4v) is 2.83. The molecule has 0 aromatic heterocycles. The Balaban J connectivity index is 0.000000203. The number of benzene rings is 1. The van der Waals surface area contributed by atoms with Crippen molar-refractivity contribution in [3.05, 3.63) is 29.8 Å². The predicted molar refractivity (Wildman–Crippen MR) is 74.5 cm³/mol. The van der Waals surface area contributed by atoms with Crippen molar-refractivity contribution >= 4 is 21.7 Å². The molecule has 0 aliphatic carbocycles. The normalized spacial score (nSPS) is 14.8. The Morgan fingerprint density at radius 3 is 2.42 bits per heavy atom. The van der Waals surface area contributed by atoms with E-state index in [9.17, 15) is 13.2 Å². The van der Waals surface area contributed by atoms with Crippen molar-refractivity contribution in [3.63, 3.8) is 0 Å². The summed E-state index contributed by atoms with van der Waals surface area (Å²) in [5, 5.41) is 8.14. The van der Waals surface area contributed by atoms with Gasteiger partial charge in [0.25, 0.3) is 0 Å². The van der Waals surface area contributed by atoms with E-state index in [1.54, 1.807) is 12.1 Å². The summed E-state index contributed by atoms with van der Waals surface area (Å²) in [5.74, 6) is -0.595. The topological polar surface area (TPSA) is 83.5 Å². The van der Waals surface area contributed by atoms with Crippen molar-refractivity contribution in [2.75, 3.05) is 4.72 Å². The third-order valence-electron chi connectivity index (χ3n) is 2.58. The molecule has 0 unspecified atom stereocenters. The molecule has 19 heavy (non-hydrogen) atoms. The minimum Gasteiger partial charge on any atom is -0.481 e. The largest absolute Gasteiger partial charge is 0.481 e. The first kappa shape index (κ1) is 15.5. The second-order valence-corrected chi connectivity index (χ2v) is 6.13. The lowest BCUT2D eigenvalue weighted by Gasteiger charge is -1.99. The summed E-state index contributed by atoms with van der Waals surface area (Å²) in [6, 6.07) is 7.15. The molecule has 0 atom stereocenters. The number of carbonyl (C=O) groups is 1. The maximum absolute atomic E-state index is 11.1. The highest BCUT2D eigenvalue weighted by atomic mass is 32.2. The van der Waals surface area contributed by atoms with Crippen LogP contribution in [-0.4, -0.2) is 19.5 Å². The maximum atomic E-state index is 11.1. The van der Waals surface area contributed by atoms with Crippen LogP contribution in [0.2, 0.25) is 0 Å². The second-order valence-electron chi connectivity index (χ2n) is 4.41. The fourth-order valence-electron chi connectivity index (χ4n) is 1.63. The van der Waals surface area contributed by atoms with Gasteiger partial charge in [-0.1, -0.05) is 31.9 Å². The number of sulfonamides is 1. The van der Waals surface area contributed by atoms with Gasteiger partial charge in [-0.05, 0) is 24.1 Å². The molecule has 1 aromatic carbocycles. The fraction of sp³-hybridized carbons (Fsp3) is 0.462. The van der Waals surface area contributed by atoms with E-state index in [-0.39, 0.29) is 5.75 Å². The van der Waals surface area contributed by atoms with E-state index in [2.05, 4.69) is 11.6 Å². The van der Waals surface area contributed by atoms with Crippen LogP contribution in [0.3, 0.4) is 0 Å². The molecule has 5 nitrogen and oxygen atoms in total. The Labute approximate surface area is 113 Å². The molecule has 0 fully saturated rings. The van der Waals surface area contributed by atoms with Crippen molar-refractivity contribution in [3.8, 4) is 0 Å². The first-order valence-electron chi connectivity index (χ1n) is 6.24. The number of hydrogen-bond donors (Lipinski definition) is 2. The molecule has 6 heteroatoms. The number of unbranched alkanes of at least 4 members (excludes halogenated alkanes) is 2. The highest BCUT2D eigenvalue weighted by Crippen LogP contribution is 2.18. The van der Waals surface area contributed by atoms with Gasteiger partial charge in [0.15, 0.2) is 0 Å². The van der Waals surface area contributed by atoms with Gasteiger partial charge < -0.3 is 5.11 Å². The van der Waals surface area contributed by atoms with Gasteiger partial charge in [0.2, 0.25) is 10.0 Å². The van der Waals surface area contributed by atoms with Crippen LogP contribution in [0.1, 0.15) is 38.2 Å². The number of rotatable bonds is 4. The first-order valence-corrected chi connectivity index (χ1v) is 7.89. The summed E-state index contributed by atoms with van der Waals surface area (Å²) in [6.07, 6.45) is 3.28. The van der Waals surface area contributed by atoms with Crippen LogP contribution in [-0.2, 0) is 20.6 Å². The molecule has 2 heterocycles. The minimum absolute atomic E-state index is 0.0868. The van der Waals surface area contributed by atoms with Crippen molar-refractivity contribution in [1.29, 1.82) is 0 Å². The van der Waals surface area contributed by atoms with Gasteiger partial charge >= 0.3 is 5.97 Å². The average molecular weight is 285 g/mol. The molecule has 0 saturated carbocycles. The lowest BCUT2D eigenvalue weighted by molar-refractivity contribution is -0.137. The summed E-state index contributed by atoms with van der Waals surface area (Å²) < 4.78 is 24.6. The smallest absolute Gasteiger partial charge is 0.303 e. The quantitative estimate of drug-likeness (QED) is 0.833. The third-order valence-corrected chi connectivity index (χ3v) is 3.84. The van der Waals surface area contributed by atoms with Crippen molar-refractivity contribution < 1.29 is 18.3 Å². The van der Waals surface area contributed by atoms with Crippen molar-refractivity contribution in [2.45, 2.75) is 38.4 Å². The van der Waals surface area contributed by atoms with Gasteiger partial charge in [-0.15, -0.1) is 0 Å². The molecular formula is C13H19NO4S. The number of nitrogens with one attached hydrogen (secondary N) is 1. The molecule has 3 rings (SSSR count). The van der Waals surface area contributed by atoms with E-state index < -0.39 is 16.0 Å². The molecule has 1 aromatic rings. The standard InChI is InChI=1S/C7H7NO2S.C6H12O2/c9-11(10)5-6-1-3-7(8-11)4-2-6;1-2-3-4-5-6(7)8/h1-4,8H,5H2;2-5H2,1H3,(H,7,8). The number of carboxylic acids is 1. The number of hydrogen-bond acceptors (Lipinski definition) is 3. The van der Waals surface area contributed by atoms with E-state index in [4.69, 9.17) is 5.11 Å². The number of carboxylic acid groups (broad SMARTS) is 1. The van der Waals surface area contributed by atoms with Gasteiger partial charge in [0, 0.05) is 12.1 Å². The Bertz CT molecular complexity index is 477. The lowest BCUT2D eigenvalue weighted by Crippen LogP contribution is -2.11. The molecular weight excluding hydrogens is 266 g/mol. The van der Waals surface area contributed by atoms with Crippen LogP contribution in [0.4, 0.5) is 5.69 Å². The molecule has 2 bridgehead atoms.